The molecular formula is C24H16FN3O3. The summed E-state index contributed by atoms with van der Waals surface area (Å²) in [5.41, 5.74) is 4.76. The van der Waals surface area contributed by atoms with Gasteiger partial charge >= 0.3 is 5.97 Å². The molecule has 0 saturated heterocycles. The van der Waals surface area contributed by atoms with E-state index in [0.717, 1.165) is 16.7 Å². The molecule has 2 aromatic heterocycles. The number of rotatable bonds is 4. The topological polar surface area (TPSA) is 85.2 Å². The Labute approximate surface area is 177 Å². The van der Waals surface area contributed by atoms with E-state index in [0.29, 0.717) is 40.2 Å². The van der Waals surface area contributed by atoms with E-state index in [9.17, 15) is 14.3 Å². The van der Waals surface area contributed by atoms with Crippen molar-refractivity contribution in [3.8, 4) is 33.8 Å². The molecule has 0 radical (unpaired) electrons. The molecule has 5 rings (SSSR count). The second-order valence-electron chi connectivity index (χ2n) is 7.29. The molecule has 1 N–H and O–H groups in total. The van der Waals surface area contributed by atoms with Crippen LogP contribution >= 0.6 is 0 Å². The van der Waals surface area contributed by atoms with Crippen LogP contribution in [0.2, 0.25) is 0 Å². The zero-order valence-electron chi connectivity index (χ0n) is 16.5. The van der Waals surface area contributed by atoms with Crippen molar-refractivity contribution in [2.45, 2.75) is 13.3 Å². The van der Waals surface area contributed by atoms with Crippen molar-refractivity contribution in [1.82, 2.24) is 15.0 Å². The standard InChI is InChI=1S/C24H16FN3O3/c1-13-6-14-7-18-22(17(14)8-21(13)31-15-9-26-12-27-10-15)19(11-28-23(18)24(29)30)16-4-2-3-5-20(16)25/h2-6,8-12H,7H2,1H3,(H,29,30). The third-order valence-electron chi connectivity index (χ3n) is 5.35. The van der Waals surface area contributed by atoms with Crippen molar-refractivity contribution in [3.63, 3.8) is 0 Å². The zero-order valence-corrected chi connectivity index (χ0v) is 16.5. The van der Waals surface area contributed by atoms with Crippen molar-refractivity contribution in [1.29, 1.82) is 0 Å². The highest BCUT2D eigenvalue weighted by Gasteiger charge is 2.30. The molecule has 4 aromatic rings. The molecule has 0 atom stereocenters. The van der Waals surface area contributed by atoms with Crippen LogP contribution in [-0.2, 0) is 6.42 Å². The van der Waals surface area contributed by atoms with Gasteiger partial charge in [-0.15, -0.1) is 0 Å². The van der Waals surface area contributed by atoms with Crippen LogP contribution in [-0.4, -0.2) is 26.0 Å². The molecule has 0 saturated carbocycles. The molecule has 152 valence electrons. The number of halogens is 1. The summed E-state index contributed by atoms with van der Waals surface area (Å²) in [5, 5.41) is 9.67. The number of nitrogens with zero attached hydrogens (tertiary/aromatic N) is 3. The average Bonchev–Trinajstić information content (AvgIpc) is 3.12. The normalized spacial score (nSPS) is 11.7. The number of carboxylic acid groups (broad SMARTS) is 1. The van der Waals surface area contributed by atoms with Crippen molar-refractivity contribution in [2.75, 3.05) is 0 Å². The number of fused-ring (bicyclic) bond motifs is 3. The summed E-state index contributed by atoms with van der Waals surface area (Å²) in [5.74, 6) is -0.430. The van der Waals surface area contributed by atoms with Gasteiger partial charge in [-0.05, 0) is 46.9 Å². The van der Waals surface area contributed by atoms with E-state index >= 15 is 0 Å². The molecule has 0 amide bonds. The van der Waals surface area contributed by atoms with Gasteiger partial charge in [0, 0.05) is 23.7 Å². The highest BCUT2D eigenvalue weighted by molar-refractivity contribution is 5.98. The number of carbonyl (C=O) groups is 1. The molecule has 7 heteroatoms. The number of aryl methyl sites for hydroxylation is 1. The Hall–Kier alpha value is -4.13. The lowest BCUT2D eigenvalue weighted by Crippen LogP contribution is -2.06. The Morgan fingerprint density at radius 2 is 1.84 bits per heavy atom. The predicted molar refractivity (Wildman–Crippen MR) is 112 cm³/mol. The minimum atomic E-state index is -1.11. The molecule has 2 aromatic carbocycles. The lowest BCUT2D eigenvalue weighted by atomic mass is 9.94. The fourth-order valence-corrected chi connectivity index (χ4v) is 3.99. The van der Waals surface area contributed by atoms with E-state index < -0.39 is 11.8 Å². The number of hydrogen-bond donors (Lipinski definition) is 1. The van der Waals surface area contributed by atoms with Crippen molar-refractivity contribution in [2.24, 2.45) is 0 Å². The molecule has 31 heavy (non-hydrogen) atoms. The van der Waals surface area contributed by atoms with Gasteiger partial charge in [0.1, 0.15) is 17.9 Å². The van der Waals surface area contributed by atoms with Gasteiger partial charge in [0.15, 0.2) is 11.4 Å². The fourth-order valence-electron chi connectivity index (χ4n) is 3.99. The first kappa shape index (κ1) is 18.9. The van der Waals surface area contributed by atoms with E-state index in [1.807, 2.05) is 19.1 Å². The number of pyridine rings is 1. The smallest absolute Gasteiger partial charge is 0.354 e. The highest BCUT2D eigenvalue weighted by atomic mass is 19.1. The second kappa shape index (κ2) is 7.28. The molecule has 0 unspecified atom stereocenters. The van der Waals surface area contributed by atoms with Crippen LogP contribution in [0.15, 0.2) is 61.3 Å². The average molecular weight is 413 g/mol. The number of hydrogen-bond acceptors (Lipinski definition) is 5. The van der Waals surface area contributed by atoms with Gasteiger partial charge in [-0.2, -0.15) is 0 Å². The molecule has 0 bridgehead atoms. The number of ether oxygens (including phenoxy) is 1. The van der Waals surface area contributed by atoms with Crippen LogP contribution < -0.4 is 4.74 Å². The monoisotopic (exact) mass is 413 g/mol. The first-order valence-corrected chi connectivity index (χ1v) is 9.59. The van der Waals surface area contributed by atoms with Crippen LogP contribution in [0, 0.1) is 12.7 Å². The third kappa shape index (κ3) is 3.20. The number of benzene rings is 2. The van der Waals surface area contributed by atoms with Gasteiger partial charge in [0.25, 0.3) is 0 Å². The molecule has 0 spiro atoms. The number of aromatic carboxylic acids is 1. The molecular weight excluding hydrogens is 397 g/mol. The van der Waals surface area contributed by atoms with Gasteiger partial charge in [0.2, 0.25) is 0 Å². The second-order valence-corrected chi connectivity index (χ2v) is 7.29. The van der Waals surface area contributed by atoms with E-state index in [2.05, 4.69) is 15.0 Å². The summed E-state index contributed by atoms with van der Waals surface area (Å²) in [4.78, 5) is 23.9. The molecule has 0 aliphatic heterocycles. The van der Waals surface area contributed by atoms with Crippen LogP contribution in [0.25, 0.3) is 22.3 Å². The molecule has 0 fully saturated rings. The van der Waals surface area contributed by atoms with Crippen LogP contribution in [0.4, 0.5) is 4.39 Å². The van der Waals surface area contributed by atoms with Crippen molar-refractivity contribution in [3.05, 3.63) is 89.5 Å². The Kier molecular flexibility index (Phi) is 4.43. The summed E-state index contributed by atoms with van der Waals surface area (Å²) >= 11 is 0. The summed E-state index contributed by atoms with van der Waals surface area (Å²) < 4.78 is 20.6. The van der Waals surface area contributed by atoms with Gasteiger partial charge in [0.05, 0.1) is 12.4 Å². The first-order chi connectivity index (χ1) is 15.0. The first-order valence-electron chi connectivity index (χ1n) is 9.59. The van der Waals surface area contributed by atoms with Crippen LogP contribution in [0.3, 0.4) is 0 Å². The van der Waals surface area contributed by atoms with E-state index in [1.165, 1.54) is 18.6 Å². The maximum atomic E-state index is 14.6. The van der Waals surface area contributed by atoms with E-state index in [-0.39, 0.29) is 5.69 Å². The Morgan fingerprint density at radius 3 is 2.58 bits per heavy atom. The summed E-state index contributed by atoms with van der Waals surface area (Å²) in [7, 11) is 0. The third-order valence-corrected chi connectivity index (χ3v) is 5.35. The molecule has 1 aliphatic rings. The summed E-state index contributed by atoms with van der Waals surface area (Å²) in [6.07, 6.45) is 6.37. The Balaban J connectivity index is 1.73. The van der Waals surface area contributed by atoms with Gasteiger partial charge in [-0.1, -0.05) is 24.3 Å². The molecule has 6 nitrogen and oxygen atoms in total. The maximum absolute atomic E-state index is 14.6. The molecule has 2 heterocycles. The lowest BCUT2D eigenvalue weighted by molar-refractivity contribution is 0.0689. The molecule has 1 aliphatic carbocycles. The van der Waals surface area contributed by atoms with Crippen molar-refractivity contribution < 1.29 is 19.0 Å². The van der Waals surface area contributed by atoms with E-state index in [1.54, 1.807) is 30.6 Å². The van der Waals surface area contributed by atoms with Gasteiger partial charge in [-0.25, -0.2) is 24.1 Å². The van der Waals surface area contributed by atoms with Crippen molar-refractivity contribution >= 4 is 5.97 Å². The highest BCUT2D eigenvalue weighted by Crippen LogP contribution is 2.46. The van der Waals surface area contributed by atoms with E-state index in [4.69, 9.17) is 4.74 Å². The minimum absolute atomic E-state index is 0.0251. The zero-order chi connectivity index (χ0) is 21.5. The van der Waals surface area contributed by atoms with Crippen LogP contribution in [0.1, 0.15) is 27.2 Å². The Morgan fingerprint density at radius 1 is 1.06 bits per heavy atom. The lowest BCUT2D eigenvalue weighted by Gasteiger charge is -2.14. The SMILES string of the molecule is Cc1cc2c(cc1Oc1cncnc1)-c1c(-c3ccccc3F)cnc(C(=O)O)c1C2. The predicted octanol–water partition coefficient (Wildman–Crippen LogP) is 5.05. The Bertz CT molecular complexity index is 1340. The fraction of sp³-hybridized carbons (Fsp3) is 0.0833. The number of carboxylic acids is 1. The van der Waals surface area contributed by atoms with Gasteiger partial charge in [-0.3, -0.25) is 0 Å². The maximum Gasteiger partial charge on any atom is 0.354 e. The quantitative estimate of drug-likeness (QED) is 0.444. The largest absolute Gasteiger partial charge is 0.477 e. The summed E-state index contributed by atoms with van der Waals surface area (Å²) in [6, 6.07) is 10.2. The van der Waals surface area contributed by atoms with Crippen LogP contribution in [0.5, 0.6) is 11.5 Å². The minimum Gasteiger partial charge on any atom is -0.477 e. The van der Waals surface area contributed by atoms with Gasteiger partial charge < -0.3 is 9.84 Å². The summed E-state index contributed by atoms with van der Waals surface area (Å²) in [6.45, 7) is 1.91. The number of aromatic nitrogens is 3.